The fraction of sp³-hybridized carbons (Fsp3) is 0.500. The van der Waals surface area contributed by atoms with Gasteiger partial charge in [0.05, 0.1) is 12.4 Å². The minimum Gasteiger partial charge on any atom is -0.355 e. The smallest absolute Gasteiger partial charge is 0.274 e. The van der Waals surface area contributed by atoms with Crippen molar-refractivity contribution in [2.75, 3.05) is 44.2 Å². The van der Waals surface area contributed by atoms with Crippen LogP contribution in [0.4, 0.5) is 5.82 Å². The minimum atomic E-state index is -0.00863. The average molecular weight is 380 g/mol. The van der Waals surface area contributed by atoms with Gasteiger partial charge in [0.2, 0.25) is 0 Å². The number of anilines is 1. The van der Waals surface area contributed by atoms with Crippen molar-refractivity contribution in [1.82, 2.24) is 19.8 Å². The van der Waals surface area contributed by atoms with Crippen molar-refractivity contribution >= 4 is 11.7 Å². The van der Waals surface area contributed by atoms with E-state index >= 15 is 0 Å². The van der Waals surface area contributed by atoms with Gasteiger partial charge in [-0.3, -0.25) is 9.69 Å². The highest BCUT2D eigenvalue weighted by Gasteiger charge is 2.24. The van der Waals surface area contributed by atoms with Gasteiger partial charge in [-0.15, -0.1) is 0 Å². The Kier molecular flexibility index (Phi) is 5.86. The summed E-state index contributed by atoms with van der Waals surface area (Å²) in [4.78, 5) is 28.3. The Bertz CT molecular complexity index is 763. The maximum absolute atomic E-state index is 12.8. The molecule has 4 rings (SSSR count). The van der Waals surface area contributed by atoms with E-state index in [9.17, 15) is 4.79 Å². The van der Waals surface area contributed by atoms with Gasteiger partial charge in [-0.2, -0.15) is 0 Å². The second-order valence-corrected chi connectivity index (χ2v) is 7.98. The summed E-state index contributed by atoms with van der Waals surface area (Å²) in [6, 6.07) is 10.5. The zero-order valence-electron chi connectivity index (χ0n) is 16.6. The first-order valence-electron chi connectivity index (χ1n) is 10.3. The number of amides is 1. The lowest BCUT2D eigenvalue weighted by Gasteiger charge is -2.34. The first kappa shape index (κ1) is 18.9. The van der Waals surface area contributed by atoms with Crippen molar-refractivity contribution in [3.05, 3.63) is 54.0 Å². The van der Waals surface area contributed by atoms with Gasteiger partial charge < -0.3 is 9.80 Å². The normalized spacial score (nSPS) is 19.0. The lowest BCUT2D eigenvalue weighted by atomic mass is 9.99. The summed E-state index contributed by atoms with van der Waals surface area (Å²) >= 11 is 0. The molecule has 2 aliphatic heterocycles. The second-order valence-electron chi connectivity index (χ2n) is 7.98. The number of nitrogens with zero attached hydrogens (tertiary/aromatic N) is 5. The van der Waals surface area contributed by atoms with E-state index in [0.717, 1.165) is 57.5 Å². The molecular weight excluding hydrogens is 350 g/mol. The van der Waals surface area contributed by atoms with Crippen LogP contribution in [-0.4, -0.2) is 64.9 Å². The van der Waals surface area contributed by atoms with Gasteiger partial charge in [0, 0.05) is 45.8 Å². The van der Waals surface area contributed by atoms with Gasteiger partial charge in [0.25, 0.3) is 5.91 Å². The van der Waals surface area contributed by atoms with E-state index in [1.54, 1.807) is 12.4 Å². The summed E-state index contributed by atoms with van der Waals surface area (Å²) < 4.78 is 0. The molecule has 2 aliphatic rings. The van der Waals surface area contributed by atoms with E-state index in [1.807, 2.05) is 11.0 Å². The second kappa shape index (κ2) is 8.69. The highest BCUT2D eigenvalue weighted by atomic mass is 16.2. The van der Waals surface area contributed by atoms with E-state index in [0.29, 0.717) is 5.69 Å². The van der Waals surface area contributed by atoms with Crippen LogP contribution in [0.15, 0.2) is 42.7 Å². The van der Waals surface area contributed by atoms with Crippen LogP contribution in [0, 0.1) is 5.92 Å². The molecule has 2 fully saturated rings. The predicted octanol–water partition coefficient (Wildman–Crippen LogP) is 2.67. The Morgan fingerprint density at radius 3 is 2.32 bits per heavy atom. The Hall–Kier alpha value is -2.47. The number of benzene rings is 1. The number of rotatable bonds is 4. The van der Waals surface area contributed by atoms with E-state index in [4.69, 9.17) is 0 Å². The van der Waals surface area contributed by atoms with Crippen LogP contribution in [0.2, 0.25) is 0 Å². The van der Waals surface area contributed by atoms with Crippen LogP contribution in [0.5, 0.6) is 0 Å². The fourth-order valence-electron chi connectivity index (χ4n) is 3.95. The quantitative estimate of drug-likeness (QED) is 0.818. The Labute approximate surface area is 167 Å². The molecule has 148 valence electrons. The molecule has 0 N–H and O–H groups in total. The summed E-state index contributed by atoms with van der Waals surface area (Å²) in [5, 5.41) is 0. The van der Waals surface area contributed by atoms with Gasteiger partial charge >= 0.3 is 0 Å². The molecule has 0 saturated carbocycles. The van der Waals surface area contributed by atoms with E-state index in [2.05, 4.69) is 51.0 Å². The molecule has 1 amide bonds. The van der Waals surface area contributed by atoms with Crippen molar-refractivity contribution in [3.63, 3.8) is 0 Å². The molecular formula is C22H29N5O. The molecule has 0 spiro atoms. The lowest BCUT2D eigenvalue weighted by molar-refractivity contribution is 0.0622. The molecule has 2 aromatic rings. The van der Waals surface area contributed by atoms with Gasteiger partial charge in [-0.1, -0.05) is 37.3 Å². The van der Waals surface area contributed by atoms with Crippen LogP contribution in [0.3, 0.4) is 0 Å². The van der Waals surface area contributed by atoms with E-state index in [1.165, 1.54) is 18.4 Å². The van der Waals surface area contributed by atoms with Crippen LogP contribution in [-0.2, 0) is 6.54 Å². The fourth-order valence-corrected chi connectivity index (χ4v) is 3.95. The summed E-state index contributed by atoms with van der Waals surface area (Å²) in [6.45, 7) is 8.52. The molecule has 2 saturated heterocycles. The number of aromatic nitrogens is 2. The van der Waals surface area contributed by atoms with Gasteiger partial charge in [-0.05, 0) is 24.3 Å². The maximum atomic E-state index is 12.8. The minimum absolute atomic E-state index is 0.00863. The summed E-state index contributed by atoms with van der Waals surface area (Å²) in [5.74, 6) is 1.66. The third-order valence-corrected chi connectivity index (χ3v) is 5.87. The standard InChI is InChI=1S/C22H29N5O/c1-18-7-9-26(10-8-18)21-16-23-20(15-24-21)22(28)27-13-11-25(12-14-27)17-19-5-3-2-4-6-19/h2-6,15-16,18H,7-14,17H2,1H3. The molecule has 6 heteroatoms. The molecule has 3 heterocycles. The van der Waals surface area contributed by atoms with Gasteiger partial charge in [-0.25, -0.2) is 9.97 Å². The van der Waals surface area contributed by atoms with Gasteiger partial charge in [0.15, 0.2) is 0 Å². The number of hydrogen-bond acceptors (Lipinski definition) is 5. The lowest BCUT2D eigenvalue weighted by Crippen LogP contribution is -2.48. The third kappa shape index (κ3) is 4.50. The molecule has 28 heavy (non-hydrogen) atoms. The predicted molar refractivity (Wildman–Crippen MR) is 110 cm³/mol. The van der Waals surface area contributed by atoms with Crippen LogP contribution in [0.25, 0.3) is 0 Å². The first-order chi connectivity index (χ1) is 13.7. The molecule has 0 unspecified atom stereocenters. The Morgan fingerprint density at radius 2 is 1.68 bits per heavy atom. The topological polar surface area (TPSA) is 52.6 Å². The largest absolute Gasteiger partial charge is 0.355 e. The van der Waals surface area contributed by atoms with Gasteiger partial charge in [0.1, 0.15) is 11.5 Å². The SMILES string of the molecule is CC1CCN(c2cnc(C(=O)N3CCN(Cc4ccccc4)CC3)cn2)CC1. The Balaban J connectivity index is 1.30. The third-order valence-electron chi connectivity index (χ3n) is 5.87. The first-order valence-corrected chi connectivity index (χ1v) is 10.3. The highest BCUT2D eigenvalue weighted by Crippen LogP contribution is 2.20. The molecule has 0 aliphatic carbocycles. The molecule has 0 bridgehead atoms. The summed E-state index contributed by atoms with van der Waals surface area (Å²) in [6.07, 6.45) is 5.78. The monoisotopic (exact) mass is 379 g/mol. The van der Waals surface area contributed by atoms with E-state index < -0.39 is 0 Å². The molecule has 1 aromatic heterocycles. The van der Waals surface area contributed by atoms with Crippen molar-refractivity contribution < 1.29 is 4.79 Å². The van der Waals surface area contributed by atoms with Crippen molar-refractivity contribution in [1.29, 1.82) is 0 Å². The van der Waals surface area contributed by atoms with Crippen molar-refractivity contribution in [2.24, 2.45) is 5.92 Å². The van der Waals surface area contributed by atoms with E-state index in [-0.39, 0.29) is 5.91 Å². The molecule has 0 radical (unpaired) electrons. The number of piperidine rings is 1. The summed E-state index contributed by atoms with van der Waals surface area (Å²) in [7, 11) is 0. The highest BCUT2D eigenvalue weighted by molar-refractivity contribution is 5.92. The van der Waals surface area contributed by atoms with Crippen LogP contribution < -0.4 is 4.90 Å². The maximum Gasteiger partial charge on any atom is 0.274 e. The number of carbonyl (C=O) groups is 1. The zero-order valence-corrected chi connectivity index (χ0v) is 16.6. The molecule has 6 nitrogen and oxygen atoms in total. The summed E-state index contributed by atoms with van der Waals surface area (Å²) in [5.41, 5.74) is 1.77. The number of hydrogen-bond donors (Lipinski definition) is 0. The van der Waals surface area contributed by atoms with Crippen molar-refractivity contribution in [3.8, 4) is 0 Å². The van der Waals surface area contributed by atoms with Crippen LogP contribution >= 0.6 is 0 Å². The molecule has 1 aromatic carbocycles. The molecule has 0 atom stereocenters. The Morgan fingerprint density at radius 1 is 0.964 bits per heavy atom. The number of carbonyl (C=O) groups excluding carboxylic acids is 1. The zero-order chi connectivity index (χ0) is 19.3. The number of piperazine rings is 1. The van der Waals surface area contributed by atoms with Crippen LogP contribution in [0.1, 0.15) is 35.8 Å². The van der Waals surface area contributed by atoms with Crippen molar-refractivity contribution in [2.45, 2.75) is 26.3 Å². The average Bonchev–Trinajstić information content (AvgIpc) is 2.75.